The number of nitrogens with two attached hydrogens (primary N) is 1. The molecule has 1 aliphatic heterocycles. The summed E-state index contributed by atoms with van der Waals surface area (Å²) in [5, 5.41) is 0. The van der Waals surface area contributed by atoms with Gasteiger partial charge in [-0.05, 0) is 48.5 Å². The molecular weight excluding hydrogens is 268 g/mol. The average molecular weight is 282 g/mol. The fourth-order valence-corrected chi connectivity index (χ4v) is 2.20. The van der Waals surface area contributed by atoms with E-state index in [1.54, 1.807) is 48.5 Å². The first-order valence-corrected chi connectivity index (χ1v) is 6.63. The number of benzene rings is 2. The van der Waals surface area contributed by atoms with Crippen molar-refractivity contribution in [2.24, 2.45) is 0 Å². The molecule has 0 atom stereocenters. The highest BCUT2D eigenvalue weighted by Gasteiger charge is 2.30. The lowest BCUT2D eigenvalue weighted by Gasteiger charge is -2.14. The molecule has 106 valence electrons. The summed E-state index contributed by atoms with van der Waals surface area (Å²) in [5.41, 5.74) is 6.86. The quantitative estimate of drug-likeness (QED) is 0.694. The van der Waals surface area contributed by atoms with Crippen LogP contribution in [-0.2, 0) is 9.59 Å². The predicted molar refractivity (Wildman–Crippen MR) is 79.1 cm³/mol. The third kappa shape index (κ3) is 2.72. The Labute approximate surface area is 121 Å². The minimum absolute atomic E-state index is 0.160. The van der Waals surface area contributed by atoms with Crippen molar-refractivity contribution in [2.45, 2.75) is 12.8 Å². The third-order valence-electron chi connectivity index (χ3n) is 3.26. The number of carbonyl (C=O) groups is 2. The molecule has 0 saturated carbocycles. The van der Waals surface area contributed by atoms with Gasteiger partial charge in [0, 0.05) is 18.5 Å². The number of hydrogen-bond acceptors (Lipinski definition) is 4. The van der Waals surface area contributed by atoms with Crippen molar-refractivity contribution in [1.82, 2.24) is 0 Å². The Kier molecular flexibility index (Phi) is 3.31. The van der Waals surface area contributed by atoms with Crippen molar-refractivity contribution in [1.29, 1.82) is 0 Å². The minimum atomic E-state index is -0.160. The molecule has 0 aromatic heterocycles. The van der Waals surface area contributed by atoms with Gasteiger partial charge in [0.2, 0.25) is 11.8 Å². The molecule has 1 heterocycles. The number of rotatable bonds is 3. The van der Waals surface area contributed by atoms with E-state index in [9.17, 15) is 9.59 Å². The SMILES string of the molecule is Nc1ccc(Oc2ccc(N3C(=O)CCC3=O)cc2)cc1. The lowest BCUT2D eigenvalue weighted by molar-refractivity contribution is -0.121. The zero-order chi connectivity index (χ0) is 14.8. The van der Waals surface area contributed by atoms with Crippen LogP contribution in [0.15, 0.2) is 48.5 Å². The largest absolute Gasteiger partial charge is 0.457 e. The van der Waals surface area contributed by atoms with Crippen LogP contribution in [0.1, 0.15) is 12.8 Å². The molecule has 2 aromatic rings. The second kappa shape index (κ2) is 5.28. The molecule has 0 spiro atoms. The maximum atomic E-state index is 11.7. The van der Waals surface area contributed by atoms with E-state index in [2.05, 4.69) is 0 Å². The predicted octanol–water partition coefficient (Wildman–Crippen LogP) is 2.71. The van der Waals surface area contributed by atoms with Gasteiger partial charge in [-0.2, -0.15) is 0 Å². The molecule has 0 bridgehead atoms. The monoisotopic (exact) mass is 282 g/mol. The topological polar surface area (TPSA) is 72.6 Å². The summed E-state index contributed by atoms with van der Waals surface area (Å²) in [5.74, 6) is 0.979. The fraction of sp³-hybridized carbons (Fsp3) is 0.125. The fourth-order valence-electron chi connectivity index (χ4n) is 2.20. The highest BCUT2D eigenvalue weighted by molar-refractivity contribution is 6.19. The lowest BCUT2D eigenvalue weighted by atomic mass is 10.2. The highest BCUT2D eigenvalue weighted by atomic mass is 16.5. The molecule has 1 fully saturated rings. The van der Waals surface area contributed by atoms with E-state index in [1.165, 1.54) is 4.90 Å². The molecule has 1 aliphatic rings. The zero-order valence-electron chi connectivity index (χ0n) is 11.3. The summed E-state index contributed by atoms with van der Waals surface area (Å²) < 4.78 is 5.66. The van der Waals surface area contributed by atoms with E-state index < -0.39 is 0 Å². The van der Waals surface area contributed by atoms with Gasteiger partial charge in [0.1, 0.15) is 11.5 Å². The first kappa shape index (κ1) is 13.2. The standard InChI is InChI=1S/C16H14N2O3/c17-11-1-5-13(6-2-11)21-14-7-3-12(4-8-14)18-15(19)9-10-16(18)20/h1-8H,9-10,17H2. The summed E-state index contributed by atoms with van der Waals surface area (Å²) >= 11 is 0. The van der Waals surface area contributed by atoms with E-state index in [-0.39, 0.29) is 24.7 Å². The molecule has 2 amide bonds. The summed E-state index contributed by atoms with van der Waals surface area (Å²) in [6.45, 7) is 0. The molecule has 1 saturated heterocycles. The van der Waals surface area contributed by atoms with Gasteiger partial charge in [-0.15, -0.1) is 0 Å². The summed E-state index contributed by atoms with van der Waals surface area (Å²) in [4.78, 5) is 24.5. The Hall–Kier alpha value is -2.82. The van der Waals surface area contributed by atoms with Crippen LogP contribution in [0.3, 0.4) is 0 Å². The zero-order valence-corrected chi connectivity index (χ0v) is 11.3. The Morgan fingerprint density at radius 2 is 1.29 bits per heavy atom. The molecular formula is C16H14N2O3. The van der Waals surface area contributed by atoms with Crippen LogP contribution in [0, 0.1) is 0 Å². The highest BCUT2D eigenvalue weighted by Crippen LogP contribution is 2.27. The van der Waals surface area contributed by atoms with Gasteiger partial charge in [0.05, 0.1) is 5.69 Å². The van der Waals surface area contributed by atoms with E-state index in [1.807, 2.05) is 0 Å². The average Bonchev–Trinajstić information content (AvgIpc) is 2.82. The molecule has 3 rings (SSSR count). The Balaban J connectivity index is 1.76. The number of anilines is 2. The van der Waals surface area contributed by atoms with E-state index in [4.69, 9.17) is 10.5 Å². The van der Waals surface area contributed by atoms with Crippen LogP contribution in [-0.4, -0.2) is 11.8 Å². The summed E-state index contributed by atoms with van der Waals surface area (Å²) in [6.07, 6.45) is 0.561. The van der Waals surface area contributed by atoms with Crippen LogP contribution in [0.2, 0.25) is 0 Å². The van der Waals surface area contributed by atoms with Crippen LogP contribution in [0.4, 0.5) is 11.4 Å². The molecule has 2 aromatic carbocycles. The normalized spacial score (nSPS) is 14.6. The number of imide groups is 1. The Morgan fingerprint density at radius 3 is 1.81 bits per heavy atom. The van der Waals surface area contributed by atoms with E-state index >= 15 is 0 Å². The van der Waals surface area contributed by atoms with Crippen molar-refractivity contribution in [2.75, 3.05) is 10.6 Å². The van der Waals surface area contributed by atoms with Gasteiger partial charge >= 0.3 is 0 Å². The number of nitrogens with zero attached hydrogens (tertiary/aromatic N) is 1. The number of ether oxygens (including phenoxy) is 1. The molecule has 21 heavy (non-hydrogen) atoms. The van der Waals surface area contributed by atoms with Gasteiger partial charge in [0.25, 0.3) is 0 Å². The summed E-state index contributed by atoms with van der Waals surface area (Å²) in [7, 11) is 0. The van der Waals surface area contributed by atoms with Gasteiger partial charge < -0.3 is 10.5 Å². The van der Waals surface area contributed by atoms with Crippen LogP contribution >= 0.6 is 0 Å². The number of carbonyl (C=O) groups excluding carboxylic acids is 2. The maximum absolute atomic E-state index is 11.7. The number of hydrogen-bond donors (Lipinski definition) is 1. The van der Waals surface area contributed by atoms with Crippen LogP contribution in [0.5, 0.6) is 11.5 Å². The Bertz CT molecular complexity index is 662. The van der Waals surface area contributed by atoms with Crippen molar-refractivity contribution >= 4 is 23.2 Å². The van der Waals surface area contributed by atoms with Gasteiger partial charge in [-0.25, -0.2) is 0 Å². The second-order valence-corrected chi connectivity index (χ2v) is 4.79. The Morgan fingerprint density at radius 1 is 0.810 bits per heavy atom. The van der Waals surface area contributed by atoms with E-state index in [0.29, 0.717) is 22.9 Å². The molecule has 5 heteroatoms. The molecule has 0 aliphatic carbocycles. The lowest BCUT2D eigenvalue weighted by Crippen LogP contribution is -2.28. The first-order valence-electron chi connectivity index (χ1n) is 6.63. The van der Waals surface area contributed by atoms with Crippen molar-refractivity contribution in [3.8, 4) is 11.5 Å². The van der Waals surface area contributed by atoms with Gasteiger partial charge in [-0.3, -0.25) is 14.5 Å². The van der Waals surface area contributed by atoms with Crippen molar-refractivity contribution in [3.05, 3.63) is 48.5 Å². The van der Waals surface area contributed by atoms with Crippen molar-refractivity contribution in [3.63, 3.8) is 0 Å². The molecule has 0 unspecified atom stereocenters. The molecule has 0 radical (unpaired) electrons. The summed E-state index contributed by atoms with van der Waals surface area (Å²) in [6, 6.07) is 13.9. The maximum Gasteiger partial charge on any atom is 0.234 e. The first-order chi connectivity index (χ1) is 10.1. The molecule has 5 nitrogen and oxygen atoms in total. The minimum Gasteiger partial charge on any atom is -0.457 e. The third-order valence-corrected chi connectivity index (χ3v) is 3.26. The second-order valence-electron chi connectivity index (χ2n) is 4.79. The van der Waals surface area contributed by atoms with E-state index in [0.717, 1.165) is 0 Å². The van der Waals surface area contributed by atoms with Crippen molar-refractivity contribution < 1.29 is 14.3 Å². The van der Waals surface area contributed by atoms with Gasteiger partial charge in [-0.1, -0.05) is 0 Å². The van der Waals surface area contributed by atoms with Gasteiger partial charge in [0.15, 0.2) is 0 Å². The van der Waals surface area contributed by atoms with Crippen LogP contribution < -0.4 is 15.4 Å². The molecule has 2 N–H and O–H groups in total. The smallest absolute Gasteiger partial charge is 0.234 e. The van der Waals surface area contributed by atoms with Crippen LogP contribution in [0.25, 0.3) is 0 Å². The number of amides is 2. The number of nitrogen functional groups attached to an aromatic ring is 1.